The van der Waals surface area contributed by atoms with E-state index in [9.17, 15) is 9.18 Å². The molecule has 0 saturated heterocycles. The minimum absolute atomic E-state index is 0.296. The summed E-state index contributed by atoms with van der Waals surface area (Å²) in [6.07, 6.45) is 0. The van der Waals surface area contributed by atoms with E-state index in [4.69, 9.17) is 11.6 Å². The molecule has 0 aliphatic rings. The number of anilines is 2. The first-order valence-corrected chi connectivity index (χ1v) is 6.58. The molecule has 0 aromatic heterocycles. The summed E-state index contributed by atoms with van der Waals surface area (Å²) in [6, 6.07) is 10.7. The zero-order chi connectivity index (χ0) is 14.5. The van der Waals surface area contributed by atoms with E-state index in [1.165, 1.54) is 24.3 Å². The van der Waals surface area contributed by atoms with Crippen molar-refractivity contribution in [2.24, 2.45) is 0 Å². The van der Waals surface area contributed by atoms with Gasteiger partial charge in [-0.1, -0.05) is 11.6 Å². The molecule has 0 radical (unpaired) electrons. The van der Waals surface area contributed by atoms with E-state index in [1.54, 1.807) is 18.2 Å². The van der Waals surface area contributed by atoms with Gasteiger partial charge in [-0.2, -0.15) is 0 Å². The second-order valence-corrected chi connectivity index (χ2v) is 4.62. The molecule has 1 amide bonds. The molecule has 0 saturated carbocycles. The molecule has 104 valence electrons. The van der Waals surface area contributed by atoms with Crippen molar-refractivity contribution in [3.63, 3.8) is 0 Å². The number of hydrogen-bond acceptors (Lipinski definition) is 2. The third-order valence-electron chi connectivity index (χ3n) is 2.70. The number of carbonyl (C=O) groups excluding carboxylic acids is 1. The molecule has 0 aliphatic carbocycles. The first-order valence-electron chi connectivity index (χ1n) is 6.20. The Hall–Kier alpha value is -2.07. The quantitative estimate of drug-likeness (QED) is 0.888. The molecule has 2 N–H and O–H groups in total. The molecule has 3 nitrogen and oxygen atoms in total. The number of rotatable bonds is 4. The van der Waals surface area contributed by atoms with Gasteiger partial charge < -0.3 is 10.6 Å². The highest BCUT2D eigenvalue weighted by molar-refractivity contribution is 6.31. The van der Waals surface area contributed by atoms with Gasteiger partial charge in [0.05, 0.1) is 5.56 Å². The molecule has 0 bridgehead atoms. The van der Waals surface area contributed by atoms with Gasteiger partial charge >= 0.3 is 0 Å². The summed E-state index contributed by atoms with van der Waals surface area (Å²) in [7, 11) is 0. The predicted molar refractivity (Wildman–Crippen MR) is 80.0 cm³/mol. The lowest BCUT2D eigenvalue weighted by molar-refractivity contribution is 0.102. The van der Waals surface area contributed by atoms with Crippen LogP contribution in [0.3, 0.4) is 0 Å². The fourth-order valence-corrected chi connectivity index (χ4v) is 1.95. The SMILES string of the molecule is CCNc1ccc(Cl)cc1C(=O)Nc1ccc(F)cc1. The van der Waals surface area contributed by atoms with Crippen LogP contribution in [0.5, 0.6) is 0 Å². The van der Waals surface area contributed by atoms with Gasteiger partial charge in [-0.3, -0.25) is 4.79 Å². The molecule has 2 aromatic carbocycles. The van der Waals surface area contributed by atoms with Gasteiger partial charge in [0.15, 0.2) is 0 Å². The van der Waals surface area contributed by atoms with E-state index in [0.29, 0.717) is 28.5 Å². The van der Waals surface area contributed by atoms with Crippen LogP contribution in [0, 0.1) is 5.82 Å². The van der Waals surface area contributed by atoms with E-state index in [-0.39, 0.29) is 11.7 Å². The second kappa shape index (κ2) is 6.39. The lowest BCUT2D eigenvalue weighted by Gasteiger charge is -2.11. The summed E-state index contributed by atoms with van der Waals surface area (Å²) in [5.41, 5.74) is 1.68. The Labute approximate surface area is 121 Å². The fraction of sp³-hybridized carbons (Fsp3) is 0.133. The number of benzene rings is 2. The van der Waals surface area contributed by atoms with Crippen molar-refractivity contribution in [2.75, 3.05) is 17.2 Å². The minimum Gasteiger partial charge on any atom is -0.385 e. The van der Waals surface area contributed by atoms with Gasteiger partial charge in [0.25, 0.3) is 5.91 Å². The number of carbonyl (C=O) groups is 1. The fourth-order valence-electron chi connectivity index (χ4n) is 1.78. The molecule has 0 atom stereocenters. The van der Waals surface area contributed by atoms with Gasteiger partial charge in [-0.05, 0) is 49.4 Å². The zero-order valence-corrected chi connectivity index (χ0v) is 11.7. The molecule has 0 spiro atoms. The summed E-state index contributed by atoms with van der Waals surface area (Å²) >= 11 is 5.93. The Morgan fingerprint density at radius 2 is 1.90 bits per heavy atom. The molecule has 20 heavy (non-hydrogen) atoms. The van der Waals surface area contributed by atoms with Crippen LogP contribution >= 0.6 is 11.6 Å². The first-order chi connectivity index (χ1) is 9.60. The summed E-state index contributed by atoms with van der Waals surface area (Å²) in [4.78, 5) is 12.2. The number of nitrogens with one attached hydrogen (secondary N) is 2. The standard InChI is InChI=1S/C15H14ClFN2O/c1-2-18-14-8-3-10(16)9-13(14)15(20)19-12-6-4-11(17)5-7-12/h3-9,18H,2H2,1H3,(H,19,20). The largest absolute Gasteiger partial charge is 0.385 e. The highest BCUT2D eigenvalue weighted by atomic mass is 35.5. The third kappa shape index (κ3) is 3.48. The van der Waals surface area contributed by atoms with E-state index in [0.717, 1.165) is 0 Å². The summed E-state index contributed by atoms with van der Waals surface area (Å²) in [5.74, 6) is -0.644. The molecule has 0 heterocycles. The maximum atomic E-state index is 12.8. The summed E-state index contributed by atoms with van der Waals surface area (Å²) in [6.45, 7) is 2.63. The topological polar surface area (TPSA) is 41.1 Å². The van der Waals surface area contributed by atoms with E-state index < -0.39 is 0 Å². The van der Waals surface area contributed by atoms with E-state index in [1.807, 2.05) is 6.92 Å². The predicted octanol–water partition coefficient (Wildman–Crippen LogP) is 4.16. The average molecular weight is 293 g/mol. The van der Waals surface area contributed by atoms with Crippen LogP contribution < -0.4 is 10.6 Å². The Bertz CT molecular complexity index is 614. The van der Waals surface area contributed by atoms with Crippen LogP contribution in [0.25, 0.3) is 0 Å². The molecule has 0 fully saturated rings. The lowest BCUT2D eigenvalue weighted by Crippen LogP contribution is -2.14. The molecular formula is C15H14ClFN2O. The maximum Gasteiger partial charge on any atom is 0.257 e. The van der Waals surface area contributed by atoms with Gasteiger partial charge in [0.2, 0.25) is 0 Å². The van der Waals surface area contributed by atoms with Crippen molar-refractivity contribution >= 4 is 28.9 Å². The highest BCUT2D eigenvalue weighted by Gasteiger charge is 2.12. The summed E-state index contributed by atoms with van der Waals surface area (Å²) in [5, 5.41) is 6.29. The highest BCUT2D eigenvalue weighted by Crippen LogP contribution is 2.22. The molecule has 2 rings (SSSR count). The monoisotopic (exact) mass is 292 g/mol. The normalized spacial score (nSPS) is 10.2. The molecule has 0 aliphatic heterocycles. The van der Waals surface area contributed by atoms with Crippen molar-refractivity contribution < 1.29 is 9.18 Å². The van der Waals surface area contributed by atoms with Crippen LogP contribution in [0.4, 0.5) is 15.8 Å². The second-order valence-electron chi connectivity index (χ2n) is 4.18. The molecular weight excluding hydrogens is 279 g/mol. The van der Waals surface area contributed by atoms with Crippen LogP contribution in [-0.2, 0) is 0 Å². The van der Waals surface area contributed by atoms with E-state index in [2.05, 4.69) is 10.6 Å². The molecule has 0 unspecified atom stereocenters. The summed E-state index contributed by atoms with van der Waals surface area (Å²) < 4.78 is 12.8. The van der Waals surface area contributed by atoms with Crippen molar-refractivity contribution in [2.45, 2.75) is 6.92 Å². The van der Waals surface area contributed by atoms with Gasteiger partial charge in [-0.25, -0.2) is 4.39 Å². The van der Waals surface area contributed by atoms with Crippen LogP contribution in [-0.4, -0.2) is 12.5 Å². The van der Waals surface area contributed by atoms with Gasteiger partial charge in [-0.15, -0.1) is 0 Å². The smallest absolute Gasteiger partial charge is 0.257 e. The molecule has 5 heteroatoms. The minimum atomic E-state index is -0.348. The number of amides is 1. The van der Waals surface area contributed by atoms with Crippen LogP contribution in [0.2, 0.25) is 5.02 Å². The Kier molecular flexibility index (Phi) is 4.58. The molecule has 2 aromatic rings. The lowest BCUT2D eigenvalue weighted by atomic mass is 10.1. The maximum absolute atomic E-state index is 12.8. The first kappa shape index (κ1) is 14.3. The third-order valence-corrected chi connectivity index (χ3v) is 2.93. The van der Waals surface area contributed by atoms with Gasteiger partial charge in [0, 0.05) is 22.9 Å². The number of halogens is 2. The van der Waals surface area contributed by atoms with Crippen molar-refractivity contribution in [3.05, 3.63) is 58.9 Å². The van der Waals surface area contributed by atoms with Crippen molar-refractivity contribution in [3.8, 4) is 0 Å². The van der Waals surface area contributed by atoms with E-state index >= 15 is 0 Å². The van der Waals surface area contributed by atoms with Gasteiger partial charge in [0.1, 0.15) is 5.82 Å². The Morgan fingerprint density at radius 1 is 1.20 bits per heavy atom. The van der Waals surface area contributed by atoms with Crippen LogP contribution in [0.15, 0.2) is 42.5 Å². The number of hydrogen-bond donors (Lipinski definition) is 2. The average Bonchev–Trinajstić information content (AvgIpc) is 2.43. The zero-order valence-electron chi connectivity index (χ0n) is 10.9. The Balaban J connectivity index is 2.23. The van der Waals surface area contributed by atoms with Crippen molar-refractivity contribution in [1.82, 2.24) is 0 Å². The van der Waals surface area contributed by atoms with Crippen molar-refractivity contribution in [1.29, 1.82) is 0 Å². The van der Waals surface area contributed by atoms with Crippen LogP contribution in [0.1, 0.15) is 17.3 Å². The Morgan fingerprint density at radius 3 is 2.55 bits per heavy atom.